The van der Waals surface area contributed by atoms with Crippen LogP contribution in [0.1, 0.15) is 15.9 Å². The number of Topliss-reactive ketones (excluding diaryl/α,β-unsaturated/α-hetero) is 1. The maximum absolute atomic E-state index is 11.7. The predicted octanol–water partition coefficient (Wildman–Crippen LogP) is 2.32. The summed E-state index contributed by atoms with van der Waals surface area (Å²) in [4.78, 5) is 11.7. The van der Waals surface area contributed by atoms with Crippen LogP contribution in [0.2, 0.25) is 0 Å². The highest BCUT2D eigenvalue weighted by molar-refractivity contribution is 8.02. The smallest absolute Gasteiger partial charge is 0.231 e. The number of hydrogen-bond donors (Lipinski definition) is 0. The van der Waals surface area contributed by atoms with Crippen LogP contribution in [0.25, 0.3) is 6.08 Å². The predicted molar refractivity (Wildman–Crippen MR) is 58.4 cm³/mol. The zero-order valence-corrected chi connectivity index (χ0v) is 8.67. The van der Waals surface area contributed by atoms with Gasteiger partial charge in [0.1, 0.15) is 0 Å². The van der Waals surface area contributed by atoms with E-state index in [1.807, 2.05) is 11.5 Å². The topological polar surface area (TPSA) is 35.5 Å². The van der Waals surface area contributed by atoms with Gasteiger partial charge < -0.3 is 9.47 Å². The molecule has 0 saturated heterocycles. The molecule has 4 heteroatoms. The van der Waals surface area contributed by atoms with E-state index in [1.165, 1.54) is 11.8 Å². The lowest BCUT2D eigenvalue weighted by atomic mass is 10.0. The van der Waals surface area contributed by atoms with E-state index in [0.29, 0.717) is 11.5 Å². The first-order valence-electron chi connectivity index (χ1n) is 4.60. The standard InChI is InChI=1S/C11H8O3S/c12-9-5-15-4-3-8-7(9)1-2-10-11(8)14-6-13-10/h1-4H,5-6H2. The monoisotopic (exact) mass is 220 g/mol. The molecule has 0 amide bonds. The van der Waals surface area contributed by atoms with Crippen molar-refractivity contribution in [3.63, 3.8) is 0 Å². The number of benzene rings is 1. The Hall–Kier alpha value is -1.42. The lowest BCUT2D eigenvalue weighted by Gasteiger charge is -2.05. The van der Waals surface area contributed by atoms with Crippen molar-refractivity contribution < 1.29 is 14.3 Å². The van der Waals surface area contributed by atoms with Crippen LogP contribution in [0.4, 0.5) is 0 Å². The van der Waals surface area contributed by atoms with Gasteiger partial charge in [-0.15, -0.1) is 11.8 Å². The summed E-state index contributed by atoms with van der Waals surface area (Å²) < 4.78 is 10.6. The van der Waals surface area contributed by atoms with E-state index in [0.717, 1.165) is 16.9 Å². The van der Waals surface area contributed by atoms with Crippen molar-refractivity contribution in [2.45, 2.75) is 0 Å². The fourth-order valence-electron chi connectivity index (χ4n) is 1.72. The molecule has 0 aromatic heterocycles. The molecule has 0 fully saturated rings. The van der Waals surface area contributed by atoms with E-state index in [2.05, 4.69) is 0 Å². The molecule has 1 aromatic carbocycles. The van der Waals surface area contributed by atoms with Gasteiger partial charge in [0.05, 0.1) is 5.75 Å². The van der Waals surface area contributed by atoms with Crippen LogP contribution < -0.4 is 9.47 Å². The molecular formula is C11H8O3S. The van der Waals surface area contributed by atoms with Gasteiger partial charge in [-0.25, -0.2) is 0 Å². The molecule has 3 rings (SSSR count). The number of ketones is 1. The summed E-state index contributed by atoms with van der Waals surface area (Å²) in [5.41, 5.74) is 1.57. The van der Waals surface area contributed by atoms with Crippen LogP contribution in [0.5, 0.6) is 11.5 Å². The third-order valence-corrected chi connectivity index (χ3v) is 3.18. The lowest BCUT2D eigenvalue weighted by molar-refractivity contribution is 0.102. The van der Waals surface area contributed by atoms with E-state index >= 15 is 0 Å². The zero-order valence-electron chi connectivity index (χ0n) is 7.86. The second-order valence-electron chi connectivity index (χ2n) is 3.30. The van der Waals surface area contributed by atoms with Gasteiger partial charge in [0.25, 0.3) is 0 Å². The molecule has 0 saturated carbocycles. The van der Waals surface area contributed by atoms with Crippen LogP contribution in [0.3, 0.4) is 0 Å². The normalized spacial score (nSPS) is 17.5. The van der Waals surface area contributed by atoms with Crippen LogP contribution >= 0.6 is 11.8 Å². The molecule has 0 spiro atoms. The minimum atomic E-state index is 0.137. The van der Waals surface area contributed by atoms with E-state index < -0.39 is 0 Å². The molecule has 1 aromatic rings. The number of thioether (sulfide) groups is 1. The summed E-state index contributed by atoms with van der Waals surface area (Å²) >= 11 is 1.50. The van der Waals surface area contributed by atoms with Crippen LogP contribution in [-0.4, -0.2) is 18.3 Å². The lowest BCUT2D eigenvalue weighted by Crippen LogP contribution is -2.03. The molecule has 0 atom stereocenters. The fourth-order valence-corrected chi connectivity index (χ4v) is 2.36. The maximum Gasteiger partial charge on any atom is 0.231 e. The van der Waals surface area contributed by atoms with Gasteiger partial charge in [-0.2, -0.15) is 0 Å². The van der Waals surface area contributed by atoms with Gasteiger partial charge in [0.2, 0.25) is 6.79 Å². The van der Waals surface area contributed by atoms with Crippen molar-refractivity contribution >= 4 is 23.6 Å². The number of ether oxygens (including phenoxy) is 2. The summed E-state index contributed by atoms with van der Waals surface area (Å²) in [5.74, 6) is 2.04. The maximum atomic E-state index is 11.7. The van der Waals surface area contributed by atoms with Gasteiger partial charge >= 0.3 is 0 Å². The molecule has 2 heterocycles. The first-order valence-corrected chi connectivity index (χ1v) is 5.65. The molecule has 0 bridgehead atoms. The van der Waals surface area contributed by atoms with Crippen LogP contribution in [0.15, 0.2) is 17.5 Å². The van der Waals surface area contributed by atoms with Crippen molar-refractivity contribution in [1.29, 1.82) is 0 Å². The van der Waals surface area contributed by atoms with Gasteiger partial charge in [-0.1, -0.05) is 0 Å². The highest BCUT2D eigenvalue weighted by Crippen LogP contribution is 2.39. The molecule has 0 N–H and O–H groups in total. The van der Waals surface area contributed by atoms with Gasteiger partial charge in [0, 0.05) is 11.1 Å². The molecule has 76 valence electrons. The summed E-state index contributed by atoms with van der Waals surface area (Å²) in [7, 11) is 0. The first kappa shape index (κ1) is 8.85. The van der Waals surface area contributed by atoms with E-state index in [-0.39, 0.29) is 12.6 Å². The molecular weight excluding hydrogens is 212 g/mol. The van der Waals surface area contributed by atoms with Crippen molar-refractivity contribution in [2.75, 3.05) is 12.5 Å². The number of hydrogen-bond acceptors (Lipinski definition) is 4. The molecule has 0 unspecified atom stereocenters. The van der Waals surface area contributed by atoms with Gasteiger partial charge in [-0.05, 0) is 23.6 Å². The van der Waals surface area contributed by atoms with Crippen molar-refractivity contribution in [3.8, 4) is 11.5 Å². The summed E-state index contributed by atoms with van der Waals surface area (Å²) in [6.45, 7) is 0.237. The number of carbonyl (C=O) groups is 1. The SMILES string of the molecule is O=C1CSC=Cc2c1ccc1c2OCO1. The summed E-state index contributed by atoms with van der Waals surface area (Å²) in [6.07, 6.45) is 1.92. The Labute approximate surface area is 91.1 Å². The number of fused-ring (bicyclic) bond motifs is 3. The van der Waals surface area contributed by atoms with Crippen LogP contribution in [0, 0.1) is 0 Å². The zero-order chi connectivity index (χ0) is 10.3. The molecule has 3 nitrogen and oxygen atoms in total. The fraction of sp³-hybridized carbons (Fsp3) is 0.182. The van der Waals surface area contributed by atoms with E-state index in [1.54, 1.807) is 12.1 Å². The molecule has 15 heavy (non-hydrogen) atoms. The van der Waals surface area contributed by atoms with Gasteiger partial charge in [-0.3, -0.25) is 4.79 Å². The first-order chi connectivity index (χ1) is 7.36. The number of carbonyl (C=O) groups excluding carboxylic acids is 1. The minimum Gasteiger partial charge on any atom is -0.454 e. The van der Waals surface area contributed by atoms with E-state index in [9.17, 15) is 4.79 Å². The molecule has 0 aliphatic carbocycles. The molecule has 0 radical (unpaired) electrons. The third-order valence-electron chi connectivity index (χ3n) is 2.42. The molecule has 2 aliphatic rings. The second kappa shape index (κ2) is 3.31. The van der Waals surface area contributed by atoms with Crippen LogP contribution in [-0.2, 0) is 0 Å². The van der Waals surface area contributed by atoms with Gasteiger partial charge in [0.15, 0.2) is 17.3 Å². The van der Waals surface area contributed by atoms with Crippen molar-refractivity contribution in [2.24, 2.45) is 0 Å². The Bertz CT molecular complexity index is 465. The highest BCUT2D eigenvalue weighted by Gasteiger charge is 2.23. The third kappa shape index (κ3) is 1.33. The summed E-state index contributed by atoms with van der Waals surface area (Å²) in [5, 5.41) is 1.92. The Morgan fingerprint density at radius 3 is 3.13 bits per heavy atom. The number of rotatable bonds is 0. The second-order valence-corrected chi connectivity index (χ2v) is 4.19. The van der Waals surface area contributed by atoms with Crippen molar-refractivity contribution in [3.05, 3.63) is 28.7 Å². The molecule has 2 aliphatic heterocycles. The Morgan fingerprint density at radius 1 is 1.27 bits per heavy atom. The summed E-state index contributed by atoms with van der Waals surface area (Å²) in [6, 6.07) is 3.60. The quantitative estimate of drug-likeness (QED) is 0.672. The van der Waals surface area contributed by atoms with E-state index in [4.69, 9.17) is 9.47 Å². The minimum absolute atomic E-state index is 0.137. The Morgan fingerprint density at radius 2 is 2.20 bits per heavy atom. The largest absolute Gasteiger partial charge is 0.454 e. The Kier molecular flexibility index (Phi) is 1.95. The average molecular weight is 220 g/mol. The Balaban J connectivity index is 2.25. The highest BCUT2D eigenvalue weighted by atomic mass is 32.2. The average Bonchev–Trinajstić information content (AvgIpc) is 2.64. The van der Waals surface area contributed by atoms with Crippen molar-refractivity contribution in [1.82, 2.24) is 0 Å².